The quantitative estimate of drug-likeness (QED) is 0.726. The van der Waals surface area contributed by atoms with Gasteiger partial charge in [-0.05, 0) is 39.2 Å². The van der Waals surface area contributed by atoms with E-state index in [1.54, 1.807) is 18.2 Å². The van der Waals surface area contributed by atoms with Crippen LogP contribution in [-0.2, 0) is 9.59 Å². The minimum absolute atomic E-state index is 0.0989. The van der Waals surface area contributed by atoms with Crippen molar-refractivity contribution in [1.29, 1.82) is 0 Å². The Bertz CT molecular complexity index is 530. The third kappa shape index (κ3) is 6.77. The molecule has 7 heteroatoms. The van der Waals surface area contributed by atoms with Gasteiger partial charge in [-0.1, -0.05) is 29.3 Å². The number of halogens is 2. The number of hydrogen-bond acceptors (Lipinski definition) is 3. The van der Waals surface area contributed by atoms with Crippen LogP contribution >= 0.6 is 23.2 Å². The van der Waals surface area contributed by atoms with Crippen LogP contribution in [0, 0.1) is 0 Å². The number of para-hydroxylation sites is 1. The Kier molecular flexibility index (Phi) is 8.37. The lowest BCUT2D eigenvalue weighted by Crippen LogP contribution is -2.35. The highest BCUT2D eigenvalue weighted by Crippen LogP contribution is 2.33. The van der Waals surface area contributed by atoms with Crippen LogP contribution in [0.2, 0.25) is 10.0 Å². The van der Waals surface area contributed by atoms with E-state index in [0.717, 1.165) is 13.0 Å². The molecule has 0 fully saturated rings. The molecule has 5 nitrogen and oxygen atoms in total. The fourth-order valence-electron chi connectivity index (χ4n) is 2.10. The van der Waals surface area contributed by atoms with E-state index < -0.39 is 0 Å². The molecule has 1 N–H and O–H groups in total. The second-order valence-corrected chi connectivity index (χ2v) is 6.31. The molecular weight excluding hydrogens is 337 g/mol. The Hall–Kier alpha value is -1.30. The molecule has 0 spiro atoms. The Morgan fingerprint density at radius 2 is 1.74 bits per heavy atom. The zero-order chi connectivity index (χ0) is 17.4. The summed E-state index contributed by atoms with van der Waals surface area (Å²) in [6.45, 7) is 3.19. The molecule has 2 amide bonds. The third-order valence-corrected chi connectivity index (χ3v) is 3.86. The molecule has 0 aliphatic rings. The predicted octanol–water partition coefficient (Wildman–Crippen LogP) is 2.80. The summed E-state index contributed by atoms with van der Waals surface area (Å²) < 4.78 is 0. The molecule has 0 aliphatic heterocycles. The second-order valence-electron chi connectivity index (χ2n) is 5.50. The fraction of sp³-hybridized carbons (Fsp3) is 0.500. The third-order valence-electron chi connectivity index (χ3n) is 3.25. The van der Waals surface area contributed by atoms with E-state index in [-0.39, 0.29) is 24.8 Å². The first-order chi connectivity index (χ1) is 10.8. The van der Waals surface area contributed by atoms with E-state index in [1.165, 1.54) is 11.8 Å². The predicted molar refractivity (Wildman–Crippen MR) is 95.3 cm³/mol. The molecule has 0 saturated heterocycles. The summed E-state index contributed by atoms with van der Waals surface area (Å²) in [4.78, 5) is 27.2. The highest BCUT2D eigenvalue weighted by molar-refractivity contribution is 6.39. The summed E-state index contributed by atoms with van der Waals surface area (Å²) >= 11 is 12.3. The number of carbonyl (C=O) groups excluding carboxylic acids is 2. The van der Waals surface area contributed by atoms with Gasteiger partial charge in [0, 0.05) is 26.4 Å². The number of rotatable bonds is 8. The number of hydrogen-bond donors (Lipinski definition) is 1. The van der Waals surface area contributed by atoms with Gasteiger partial charge in [-0.15, -0.1) is 0 Å². The monoisotopic (exact) mass is 359 g/mol. The van der Waals surface area contributed by atoms with E-state index in [1.807, 2.05) is 14.1 Å². The van der Waals surface area contributed by atoms with Crippen LogP contribution in [0.1, 0.15) is 19.8 Å². The van der Waals surface area contributed by atoms with Crippen LogP contribution in [0.5, 0.6) is 0 Å². The van der Waals surface area contributed by atoms with Gasteiger partial charge in [0.25, 0.3) is 0 Å². The van der Waals surface area contributed by atoms with Gasteiger partial charge < -0.3 is 15.1 Å². The largest absolute Gasteiger partial charge is 0.356 e. The van der Waals surface area contributed by atoms with Gasteiger partial charge in [-0.25, -0.2) is 0 Å². The van der Waals surface area contributed by atoms with Gasteiger partial charge in [0.1, 0.15) is 0 Å². The maximum atomic E-state index is 11.9. The average molecular weight is 360 g/mol. The Morgan fingerprint density at radius 3 is 2.26 bits per heavy atom. The minimum Gasteiger partial charge on any atom is -0.356 e. The van der Waals surface area contributed by atoms with Crippen molar-refractivity contribution in [3.8, 4) is 0 Å². The number of nitrogens with one attached hydrogen (secondary N) is 1. The number of nitrogens with zero attached hydrogens (tertiary/aromatic N) is 2. The zero-order valence-corrected chi connectivity index (χ0v) is 15.2. The average Bonchev–Trinajstić information content (AvgIpc) is 2.46. The maximum Gasteiger partial charge on any atom is 0.223 e. The molecule has 128 valence electrons. The molecule has 0 bridgehead atoms. The molecule has 0 unspecified atom stereocenters. The molecule has 0 heterocycles. The summed E-state index contributed by atoms with van der Waals surface area (Å²) in [7, 11) is 3.97. The van der Waals surface area contributed by atoms with Crippen LogP contribution in [0.4, 0.5) is 5.69 Å². The van der Waals surface area contributed by atoms with Gasteiger partial charge in [0.15, 0.2) is 0 Å². The van der Waals surface area contributed by atoms with Crippen LogP contribution in [-0.4, -0.2) is 50.4 Å². The van der Waals surface area contributed by atoms with Crippen molar-refractivity contribution in [2.24, 2.45) is 0 Å². The highest BCUT2D eigenvalue weighted by atomic mass is 35.5. The van der Waals surface area contributed by atoms with E-state index in [9.17, 15) is 9.59 Å². The van der Waals surface area contributed by atoms with Gasteiger partial charge in [-0.2, -0.15) is 0 Å². The van der Waals surface area contributed by atoms with Crippen LogP contribution in [0.15, 0.2) is 18.2 Å². The zero-order valence-electron chi connectivity index (χ0n) is 13.7. The van der Waals surface area contributed by atoms with Crippen molar-refractivity contribution in [3.63, 3.8) is 0 Å². The van der Waals surface area contributed by atoms with Crippen molar-refractivity contribution >= 4 is 40.7 Å². The van der Waals surface area contributed by atoms with E-state index >= 15 is 0 Å². The van der Waals surface area contributed by atoms with Gasteiger partial charge >= 0.3 is 0 Å². The number of anilines is 1. The highest BCUT2D eigenvalue weighted by Gasteiger charge is 2.18. The lowest BCUT2D eigenvalue weighted by atomic mass is 10.2. The maximum absolute atomic E-state index is 11.9. The van der Waals surface area contributed by atoms with Crippen molar-refractivity contribution in [1.82, 2.24) is 10.2 Å². The summed E-state index contributed by atoms with van der Waals surface area (Å²) in [6, 6.07) is 5.05. The fourth-order valence-corrected chi connectivity index (χ4v) is 2.70. The van der Waals surface area contributed by atoms with E-state index in [0.29, 0.717) is 22.3 Å². The number of carbonyl (C=O) groups is 2. The van der Waals surface area contributed by atoms with Crippen molar-refractivity contribution in [3.05, 3.63) is 28.2 Å². The molecule has 0 aliphatic carbocycles. The molecule has 23 heavy (non-hydrogen) atoms. The first-order valence-electron chi connectivity index (χ1n) is 7.46. The summed E-state index contributed by atoms with van der Waals surface area (Å²) in [5.41, 5.74) is 0.448. The summed E-state index contributed by atoms with van der Waals surface area (Å²) in [6.07, 6.45) is 1.08. The minimum atomic E-state index is -0.208. The normalized spacial score (nSPS) is 10.7. The van der Waals surface area contributed by atoms with Crippen molar-refractivity contribution in [2.45, 2.75) is 19.8 Å². The SMILES string of the molecule is CC(=O)N(CCC(=O)NCCCN(C)C)c1c(Cl)cccc1Cl. The molecule has 0 atom stereocenters. The van der Waals surface area contributed by atoms with E-state index in [4.69, 9.17) is 23.2 Å². The van der Waals surface area contributed by atoms with Gasteiger partial charge in [0.2, 0.25) is 11.8 Å². The molecule has 1 aromatic carbocycles. The van der Waals surface area contributed by atoms with Gasteiger partial charge in [-0.3, -0.25) is 9.59 Å². The van der Waals surface area contributed by atoms with E-state index in [2.05, 4.69) is 10.2 Å². The second kappa shape index (κ2) is 9.75. The summed E-state index contributed by atoms with van der Waals surface area (Å²) in [5.74, 6) is -0.307. The Balaban J connectivity index is 2.58. The first kappa shape index (κ1) is 19.7. The van der Waals surface area contributed by atoms with Crippen molar-refractivity contribution in [2.75, 3.05) is 38.6 Å². The number of amides is 2. The standard InChI is InChI=1S/C16H23Cl2N3O2/c1-12(22)21(16-13(17)6-4-7-14(16)18)11-8-15(23)19-9-5-10-20(2)3/h4,6-7H,5,8-11H2,1-3H3,(H,19,23). The Morgan fingerprint density at radius 1 is 1.13 bits per heavy atom. The molecule has 0 aromatic heterocycles. The summed E-state index contributed by atoms with van der Waals surface area (Å²) in [5, 5.41) is 3.62. The lowest BCUT2D eigenvalue weighted by molar-refractivity contribution is -0.121. The van der Waals surface area contributed by atoms with Crippen LogP contribution < -0.4 is 10.2 Å². The number of benzene rings is 1. The molecular formula is C16H23Cl2N3O2. The smallest absolute Gasteiger partial charge is 0.223 e. The van der Waals surface area contributed by atoms with Crippen molar-refractivity contribution < 1.29 is 9.59 Å². The van der Waals surface area contributed by atoms with Crippen LogP contribution in [0.25, 0.3) is 0 Å². The molecule has 0 saturated carbocycles. The molecule has 0 radical (unpaired) electrons. The molecule has 1 rings (SSSR count). The van der Waals surface area contributed by atoms with Gasteiger partial charge in [0.05, 0.1) is 15.7 Å². The Labute approximate surface area is 147 Å². The topological polar surface area (TPSA) is 52.7 Å². The molecule has 1 aromatic rings. The van der Waals surface area contributed by atoms with Crippen LogP contribution in [0.3, 0.4) is 0 Å². The first-order valence-corrected chi connectivity index (χ1v) is 8.22. The lowest BCUT2D eigenvalue weighted by Gasteiger charge is -2.23.